The predicted octanol–water partition coefficient (Wildman–Crippen LogP) is 1.20. The first-order valence-electron chi connectivity index (χ1n) is 5.22. The van der Waals surface area contributed by atoms with E-state index >= 15 is 0 Å². The summed E-state index contributed by atoms with van der Waals surface area (Å²) >= 11 is 5.68. The molecular weight excluding hydrogens is 228 g/mol. The molecule has 1 amide bonds. The van der Waals surface area contributed by atoms with E-state index in [1.165, 1.54) is 0 Å². The van der Waals surface area contributed by atoms with Crippen LogP contribution < -0.4 is 10.9 Å². The Kier molecular flexibility index (Phi) is 2.76. The lowest BCUT2D eigenvalue weighted by Crippen LogP contribution is -2.49. The maximum absolute atomic E-state index is 11.9. The smallest absolute Gasteiger partial charge is 0.253 e. The Morgan fingerprint density at radius 2 is 2.12 bits per heavy atom. The van der Waals surface area contributed by atoms with E-state index in [0.717, 1.165) is 6.42 Å². The number of carbonyl (C=O) groups is 1. The van der Waals surface area contributed by atoms with Gasteiger partial charge in [-0.15, -0.1) is 0 Å². The van der Waals surface area contributed by atoms with Crippen LogP contribution in [0.5, 0.6) is 0 Å². The molecule has 1 atom stereocenters. The van der Waals surface area contributed by atoms with Gasteiger partial charge in [-0.1, -0.05) is 11.6 Å². The zero-order valence-corrected chi connectivity index (χ0v) is 9.73. The third-order valence-electron chi connectivity index (χ3n) is 3.11. The minimum absolute atomic E-state index is 0.0911. The van der Waals surface area contributed by atoms with E-state index in [1.54, 1.807) is 19.1 Å². The second-order valence-corrected chi connectivity index (χ2v) is 4.65. The Bertz CT molecular complexity index is 483. The van der Waals surface area contributed by atoms with Crippen LogP contribution in [0.15, 0.2) is 16.9 Å². The van der Waals surface area contributed by atoms with Crippen molar-refractivity contribution in [3.05, 3.63) is 33.2 Å². The van der Waals surface area contributed by atoms with Crippen LogP contribution in [-0.2, 0) is 10.2 Å². The number of pyridine rings is 1. The fourth-order valence-electron chi connectivity index (χ4n) is 2.09. The van der Waals surface area contributed by atoms with Gasteiger partial charge in [-0.3, -0.25) is 9.59 Å². The number of hydrogen-bond donors (Lipinski definition) is 2. The average molecular weight is 241 g/mol. The van der Waals surface area contributed by atoms with Crippen LogP contribution in [0.4, 0.5) is 0 Å². The monoisotopic (exact) mass is 240 g/mol. The maximum atomic E-state index is 11.9. The Morgan fingerprint density at radius 3 is 2.75 bits per heavy atom. The van der Waals surface area contributed by atoms with Gasteiger partial charge in [-0.25, -0.2) is 0 Å². The zero-order valence-electron chi connectivity index (χ0n) is 8.97. The molecule has 1 aromatic rings. The summed E-state index contributed by atoms with van der Waals surface area (Å²) in [6, 6.07) is 3.23. The van der Waals surface area contributed by atoms with Crippen LogP contribution in [0, 0.1) is 0 Å². The van der Waals surface area contributed by atoms with E-state index < -0.39 is 5.41 Å². The molecule has 5 heteroatoms. The van der Waals surface area contributed by atoms with Crippen molar-refractivity contribution < 1.29 is 4.79 Å². The van der Waals surface area contributed by atoms with Crippen LogP contribution in [0.25, 0.3) is 0 Å². The summed E-state index contributed by atoms with van der Waals surface area (Å²) in [7, 11) is 0. The lowest BCUT2D eigenvalue weighted by molar-refractivity contribution is -0.128. The molecule has 2 N–H and O–H groups in total. The molecule has 0 aromatic carbocycles. The SMILES string of the molecule is C[C@]1(c2ccc(Cl)[nH]c2=O)CCCNC1=O. The van der Waals surface area contributed by atoms with Gasteiger partial charge in [0.05, 0.1) is 5.41 Å². The molecule has 0 aliphatic carbocycles. The molecule has 1 aliphatic rings. The average Bonchev–Trinajstić information content (AvgIpc) is 2.22. The molecule has 2 heterocycles. The number of halogens is 1. The molecule has 1 fully saturated rings. The molecule has 0 radical (unpaired) electrons. The minimum Gasteiger partial charge on any atom is -0.355 e. The molecule has 2 rings (SSSR count). The van der Waals surface area contributed by atoms with Crippen molar-refractivity contribution in [3.63, 3.8) is 0 Å². The van der Waals surface area contributed by atoms with Crippen molar-refractivity contribution in [1.29, 1.82) is 0 Å². The van der Waals surface area contributed by atoms with Gasteiger partial charge in [0.2, 0.25) is 5.91 Å². The van der Waals surface area contributed by atoms with Crippen molar-refractivity contribution in [2.45, 2.75) is 25.2 Å². The number of amides is 1. The number of rotatable bonds is 1. The van der Waals surface area contributed by atoms with E-state index in [-0.39, 0.29) is 16.6 Å². The van der Waals surface area contributed by atoms with Crippen LogP contribution >= 0.6 is 11.6 Å². The molecule has 16 heavy (non-hydrogen) atoms. The Labute approximate surface area is 98.0 Å². The first kappa shape index (κ1) is 11.2. The van der Waals surface area contributed by atoms with E-state index in [9.17, 15) is 9.59 Å². The maximum Gasteiger partial charge on any atom is 0.253 e. The summed E-state index contributed by atoms with van der Waals surface area (Å²) in [6.07, 6.45) is 1.56. The Balaban J connectivity index is 2.49. The molecule has 4 nitrogen and oxygen atoms in total. The second kappa shape index (κ2) is 3.94. The molecule has 0 unspecified atom stereocenters. The highest BCUT2D eigenvalue weighted by molar-refractivity contribution is 6.29. The fraction of sp³-hybridized carbons (Fsp3) is 0.455. The van der Waals surface area contributed by atoms with E-state index in [2.05, 4.69) is 10.3 Å². The second-order valence-electron chi connectivity index (χ2n) is 4.24. The number of piperidine rings is 1. The lowest BCUT2D eigenvalue weighted by atomic mass is 9.76. The predicted molar refractivity (Wildman–Crippen MR) is 61.7 cm³/mol. The van der Waals surface area contributed by atoms with Crippen LogP contribution in [-0.4, -0.2) is 17.4 Å². The van der Waals surface area contributed by atoms with Crippen LogP contribution in [0.2, 0.25) is 5.15 Å². The molecule has 86 valence electrons. The van der Waals surface area contributed by atoms with Gasteiger partial charge in [-0.05, 0) is 31.9 Å². The summed E-state index contributed by atoms with van der Waals surface area (Å²) < 4.78 is 0. The highest BCUT2D eigenvalue weighted by Gasteiger charge is 2.39. The summed E-state index contributed by atoms with van der Waals surface area (Å²) in [5.41, 5.74) is -0.544. The standard InChI is InChI=1S/C11H13ClN2O2/c1-11(5-2-6-13-10(11)16)7-3-4-8(12)14-9(7)15/h3-4H,2,5-6H2,1H3,(H,13,16)(H,14,15)/t11-/m1/s1. The first-order valence-corrected chi connectivity index (χ1v) is 5.59. The first-order chi connectivity index (χ1) is 7.54. The number of carbonyl (C=O) groups excluding carboxylic acids is 1. The molecule has 0 bridgehead atoms. The topological polar surface area (TPSA) is 62.0 Å². The van der Waals surface area contributed by atoms with E-state index in [1.807, 2.05) is 0 Å². The highest BCUT2D eigenvalue weighted by atomic mass is 35.5. The fourth-order valence-corrected chi connectivity index (χ4v) is 2.24. The summed E-state index contributed by atoms with van der Waals surface area (Å²) in [4.78, 5) is 26.1. The quantitative estimate of drug-likeness (QED) is 0.725. The van der Waals surface area contributed by atoms with E-state index in [0.29, 0.717) is 18.5 Å². The Hall–Kier alpha value is -1.29. The number of H-pyrrole nitrogens is 1. The number of aromatic nitrogens is 1. The van der Waals surface area contributed by atoms with Crippen molar-refractivity contribution in [2.75, 3.05) is 6.54 Å². The van der Waals surface area contributed by atoms with Crippen molar-refractivity contribution >= 4 is 17.5 Å². The van der Waals surface area contributed by atoms with Gasteiger partial charge in [0.15, 0.2) is 0 Å². The molecule has 0 saturated carbocycles. The number of nitrogens with one attached hydrogen (secondary N) is 2. The molecule has 1 aromatic heterocycles. The zero-order chi connectivity index (χ0) is 11.8. The minimum atomic E-state index is -0.740. The van der Waals surface area contributed by atoms with Gasteiger partial charge in [0, 0.05) is 12.1 Å². The molecule has 0 spiro atoms. The lowest BCUT2D eigenvalue weighted by Gasteiger charge is -2.32. The van der Waals surface area contributed by atoms with Gasteiger partial charge in [0.25, 0.3) is 5.56 Å². The highest BCUT2D eigenvalue weighted by Crippen LogP contribution is 2.29. The Morgan fingerprint density at radius 1 is 1.38 bits per heavy atom. The van der Waals surface area contributed by atoms with Gasteiger partial charge >= 0.3 is 0 Å². The van der Waals surface area contributed by atoms with Crippen molar-refractivity contribution in [1.82, 2.24) is 10.3 Å². The molecule has 1 aliphatic heterocycles. The number of aromatic amines is 1. The van der Waals surface area contributed by atoms with Crippen LogP contribution in [0.1, 0.15) is 25.3 Å². The summed E-state index contributed by atoms with van der Waals surface area (Å²) in [6.45, 7) is 2.47. The van der Waals surface area contributed by atoms with Gasteiger partial charge in [-0.2, -0.15) is 0 Å². The van der Waals surface area contributed by atoms with Gasteiger partial charge in [0.1, 0.15) is 5.15 Å². The van der Waals surface area contributed by atoms with E-state index in [4.69, 9.17) is 11.6 Å². The van der Waals surface area contributed by atoms with Crippen LogP contribution in [0.3, 0.4) is 0 Å². The molecule has 1 saturated heterocycles. The van der Waals surface area contributed by atoms with Crippen molar-refractivity contribution in [2.24, 2.45) is 0 Å². The summed E-state index contributed by atoms with van der Waals surface area (Å²) in [5, 5.41) is 3.07. The normalized spacial score (nSPS) is 25.2. The third-order valence-corrected chi connectivity index (χ3v) is 3.33. The van der Waals surface area contributed by atoms with Gasteiger partial charge < -0.3 is 10.3 Å². The number of hydrogen-bond acceptors (Lipinski definition) is 2. The summed E-state index contributed by atoms with van der Waals surface area (Å²) in [5.74, 6) is -0.0911. The van der Waals surface area contributed by atoms with Crippen molar-refractivity contribution in [3.8, 4) is 0 Å². The molecular formula is C11H13ClN2O2. The third kappa shape index (κ3) is 1.73. The largest absolute Gasteiger partial charge is 0.355 e.